The molecular weight excluding hydrogens is 274 g/mol. The fourth-order valence-electron chi connectivity index (χ4n) is 2.99. The molecule has 1 aliphatic carbocycles. The molecule has 5 heteroatoms. The zero-order valence-electron chi connectivity index (χ0n) is 12.4. The molecular formula is C15H24ClN3O. The van der Waals surface area contributed by atoms with Crippen LogP contribution in [0.1, 0.15) is 51.1 Å². The molecule has 0 amide bonds. The number of pyridine rings is 1. The summed E-state index contributed by atoms with van der Waals surface area (Å²) in [6, 6.07) is 1.49. The number of nitrogens with zero attached hydrogens (tertiary/aromatic N) is 1. The van der Waals surface area contributed by atoms with Gasteiger partial charge in [0, 0.05) is 18.9 Å². The van der Waals surface area contributed by atoms with E-state index < -0.39 is 0 Å². The number of halogens is 1. The van der Waals surface area contributed by atoms with Crippen LogP contribution in [-0.2, 0) is 4.74 Å². The van der Waals surface area contributed by atoms with Crippen LogP contribution in [0.4, 0.5) is 5.82 Å². The highest BCUT2D eigenvalue weighted by Gasteiger charge is 2.44. The predicted molar refractivity (Wildman–Crippen MR) is 82.6 cm³/mol. The van der Waals surface area contributed by atoms with Gasteiger partial charge in [-0.3, -0.25) is 0 Å². The summed E-state index contributed by atoms with van der Waals surface area (Å²) in [5.74, 6) is 0.433. The van der Waals surface area contributed by atoms with E-state index >= 15 is 0 Å². The lowest BCUT2D eigenvalue weighted by molar-refractivity contribution is -0.0793. The first-order valence-electron chi connectivity index (χ1n) is 7.01. The molecule has 112 valence electrons. The summed E-state index contributed by atoms with van der Waals surface area (Å²) < 4.78 is 5.83. The van der Waals surface area contributed by atoms with Gasteiger partial charge in [0.1, 0.15) is 5.82 Å². The SMILES string of the molecule is COC1(C(N)c2cc(Cl)cnc2N)CCC(C)(C)CC1. The highest BCUT2D eigenvalue weighted by atomic mass is 35.5. The Balaban J connectivity index is 2.30. The van der Waals surface area contributed by atoms with Crippen LogP contribution in [0.25, 0.3) is 0 Å². The molecule has 1 fully saturated rings. The van der Waals surface area contributed by atoms with Crippen molar-refractivity contribution in [1.29, 1.82) is 0 Å². The van der Waals surface area contributed by atoms with Gasteiger partial charge in [0.25, 0.3) is 0 Å². The molecule has 1 aliphatic rings. The highest BCUT2D eigenvalue weighted by molar-refractivity contribution is 6.30. The second kappa shape index (κ2) is 5.51. The highest BCUT2D eigenvalue weighted by Crippen LogP contribution is 2.47. The minimum Gasteiger partial charge on any atom is -0.383 e. The van der Waals surface area contributed by atoms with Crippen LogP contribution in [0.3, 0.4) is 0 Å². The fraction of sp³-hybridized carbons (Fsp3) is 0.667. The third-order valence-electron chi connectivity index (χ3n) is 4.67. The maximum Gasteiger partial charge on any atom is 0.128 e. The van der Waals surface area contributed by atoms with Crippen LogP contribution in [0.5, 0.6) is 0 Å². The Morgan fingerprint density at radius 2 is 1.90 bits per heavy atom. The monoisotopic (exact) mass is 297 g/mol. The fourth-order valence-corrected chi connectivity index (χ4v) is 3.16. The van der Waals surface area contributed by atoms with Crippen LogP contribution in [0.15, 0.2) is 12.3 Å². The normalized spacial score (nSPS) is 22.4. The van der Waals surface area contributed by atoms with Gasteiger partial charge in [0.15, 0.2) is 0 Å². The molecule has 2 rings (SSSR count). The van der Waals surface area contributed by atoms with Gasteiger partial charge in [-0.25, -0.2) is 4.98 Å². The number of methoxy groups -OCH3 is 1. The van der Waals surface area contributed by atoms with E-state index in [9.17, 15) is 0 Å². The minimum atomic E-state index is -0.379. The van der Waals surface area contributed by atoms with E-state index in [1.165, 1.54) is 6.20 Å². The maximum absolute atomic E-state index is 6.47. The van der Waals surface area contributed by atoms with E-state index in [-0.39, 0.29) is 11.6 Å². The van der Waals surface area contributed by atoms with Gasteiger partial charge < -0.3 is 16.2 Å². The van der Waals surface area contributed by atoms with Crippen molar-refractivity contribution in [1.82, 2.24) is 4.98 Å². The summed E-state index contributed by atoms with van der Waals surface area (Å²) in [6.45, 7) is 4.57. The summed E-state index contributed by atoms with van der Waals surface area (Å²) in [5, 5.41) is 0.548. The van der Waals surface area contributed by atoms with E-state index in [1.54, 1.807) is 13.2 Å². The van der Waals surface area contributed by atoms with Crippen molar-refractivity contribution >= 4 is 17.4 Å². The van der Waals surface area contributed by atoms with Gasteiger partial charge in [0.2, 0.25) is 0 Å². The minimum absolute atomic E-state index is 0.310. The van der Waals surface area contributed by atoms with Crippen LogP contribution < -0.4 is 11.5 Å². The molecule has 1 heterocycles. The predicted octanol–water partition coefficient (Wildman–Crippen LogP) is 3.30. The number of anilines is 1. The van der Waals surface area contributed by atoms with Crippen molar-refractivity contribution in [3.63, 3.8) is 0 Å². The van der Waals surface area contributed by atoms with Gasteiger partial charge >= 0.3 is 0 Å². The zero-order valence-corrected chi connectivity index (χ0v) is 13.2. The van der Waals surface area contributed by atoms with E-state index in [4.69, 9.17) is 27.8 Å². The number of rotatable bonds is 3. The van der Waals surface area contributed by atoms with Crippen molar-refractivity contribution in [3.05, 3.63) is 22.8 Å². The van der Waals surface area contributed by atoms with Crippen molar-refractivity contribution in [3.8, 4) is 0 Å². The molecule has 0 saturated heterocycles. The van der Waals surface area contributed by atoms with Crippen LogP contribution in [0.2, 0.25) is 5.02 Å². The molecule has 0 radical (unpaired) electrons. The first-order chi connectivity index (χ1) is 9.30. The number of ether oxygens (including phenoxy) is 1. The Hall–Kier alpha value is -0.840. The molecule has 1 aromatic rings. The lowest BCUT2D eigenvalue weighted by Crippen LogP contribution is -2.47. The Labute approximate surface area is 125 Å². The van der Waals surface area contributed by atoms with Crippen LogP contribution >= 0.6 is 11.6 Å². The molecule has 4 nitrogen and oxygen atoms in total. The van der Waals surface area contributed by atoms with Crippen LogP contribution in [0, 0.1) is 5.41 Å². The molecule has 0 aliphatic heterocycles. The smallest absolute Gasteiger partial charge is 0.128 e. The summed E-state index contributed by atoms with van der Waals surface area (Å²) in [6.07, 6.45) is 5.55. The van der Waals surface area contributed by atoms with E-state index in [2.05, 4.69) is 18.8 Å². The average Bonchev–Trinajstić information content (AvgIpc) is 2.41. The average molecular weight is 298 g/mol. The Morgan fingerprint density at radius 3 is 2.45 bits per heavy atom. The van der Waals surface area contributed by atoms with Gasteiger partial charge in [0.05, 0.1) is 16.7 Å². The molecule has 0 spiro atoms. The van der Waals surface area contributed by atoms with Gasteiger partial charge in [-0.15, -0.1) is 0 Å². The molecule has 4 N–H and O–H groups in total. The van der Waals surface area contributed by atoms with Crippen molar-refractivity contribution in [2.75, 3.05) is 12.8 Å². The molecule has 0 bridgehead atoms. The standard InChI is InChI=1S/C15H24ClN3O/c1-14(2)4-6-15(20-3,7-5-14)12(17)11-8-10(16)9-19-13(11)18/h8-9,12H,4-7,17H2,1-3H3,(H2,18,19). The molecule has 1 atom stereocenters. The third-order valence-corrected chi connectivity index (χ3v) is 4.88. The second-order valence-corrected chi connectivity index (χ2v) is 6.98. The maximum atomic E-state index is 6.47. The first kappa shape index (κ1) is 15.5. The summed E-state index contributed by atoms with van der Waals surface area (Å²) >= 11 is 6.02. The Bertz CT molecular complexity index is 480. The topological polar surface area (TPSA) is 74.2 Å². The molecule has 0 aromatic carbocycles. The lowest BCUT2D eigenvalue weighted by atomic mass is 9.67. The molecule has 1 saturated carbocycles. The van der Waals surface area contributed by atoms with Crippen molar-refractivity contribution in [2.24, 2.45) is 11.1 Å². The number of nitrogens with two attached hydrogens (primary N) is 2. The van der Waals surface area contributed by atoms with E-state index in [0.717, 1.165) is 31.2 Å². The first-order valence-corrected chi connectivity index (χ1v) is 7.39. The van der Waals surface area contributed by atoms with Crippen LogP contribution in [-0.4, -0.2) is 17.7 Å². The van der Waals surface area contributed by atoms with Crippen molar-refractivity contribution < 1.29 is 4.74 Å². The largest absolute Gasteiger partial charge is 0.383 e. The number of nitrogen functional groups attached to an aromatic ring is 1. The number of hydrogen-bond acceptors (Lipinski definition) is 4. The molecule has 1 unspecified atom stereocenters. The second-order valence-electron chi connectivity index (χ2n) is 6.54. The molecule has 20 heavy (non-hydrogen) atoms. The van der Waals surface area contributed by atoms with E-state index in [1.807, 2.05) is 0 Å². The van der Waals surface area contributed by atoms with E-state index in [0.29, 0.717) is 16.3 Å². The lowest BCUT2D eigenvalue weighted by Gasteiger charge is -2.46. The number of hydrogen-bond donors (Lipinski definition) is 2. The number of aromatic nitrogens is 1. The van der Waals surface area contributed by atoms with Crippen molar-refractivity contribution in [2.45, 2.75) is 51.2 Å². The van der Waals surface area contributed by atoms with Gasteiger partial charge in [-0.2, -0.15) is 0 Å². The van der Waals surface area contributed by atoms with Gasteiger partial charge in [-0.05, 0) is 37.2 Å². The summed E-state index contributed by atoms with van der Waals surface area (Å²) in [5.41, 5.74) is 13.2. The Kier molecular flexibility index (Phi) is 4.28. The van der Waals surface area contributed by atoms with Gasteiger partial charge in [-0.1, -0.05) is 25.4 Å². The zero-order chi connectivity index (χ0) is 15.0. The summed E-state index contributed by atoms with van der Waals surface area (Å²) in [7, 11) is 1.73. The third kappa shape index (κ3) is 2.92. The Morgan fingerprint density at radius 1 is 1.30 bits per heavy atom. The quantitative estimate of drug-likeness (QED) is 0.897. The molecule has 1 aromatic heterocycles. The summed E-state index contributed by atoms with van der Waals surface area (Å²) in [4.78, 5) is 4.10.